The van der Waals surface area contributed by atoms with E-state index in [0.29, 0.717) is 33.9 Å². The second-order valence-corrected chi connectivity index (χ2v) is 7.80. The summed E-state index contributed by atoms with van der Waals surface area (Å²) in [6.45, 7) is 1.29. The highest BCUT2D eigenvalue weighted by atomic mass is 79.9. The van der Waals surface area contributed by atoms with Crippen LogP contribution in [0.1, 0.15) is 18.4 Å². The highest BCUT2D eigenvalue weighted by molar-refractivity contribution is 9.10. The molecule has 0 bridgehead atoms. The van der Waals surface area contributed by atoms with Gasteiger partial charge in [-0.05, 0) is 49.7 Å². The summed E-state index contributed by atoms with van der Waals surface area (Å²) in [4.78, 5) is 8.33. The molecule has 8 heteroatoms. The van der Waals surface area contributed by atoms with Crippen LogP contribution in [0.25, 0.3) is 10.9 Å². The van der Waals surface area contributed by atoms with Crippen molar-refractivity contribution in [2.24, 2.45) is 0 Å². The number of fused-ring (bicyclic) bond motifs is 1. The first-order chi connectivity index (χ1) is 13.9. The number of anilines is 2. The van der Waals surface area contributed by atoms with Gasteiger partial charge >= 0.3 is 0 Å². The van der Waals surface area contributed by atoms with Crippen LogP contribution in [-0.2, 0) is 0 Å². The standard InChI is InChI=1S/C21H17BrF2N4O/c22-14-9-16(23)19(17(24)10-14)28-20-15-8-13(2-3-18(15)26-12-27-20)4-6-21(29)5-1-7-25-11-21/h2-3,8-10,12,25,29H,1,5,7,11H2,(H,26,27,28). The fourth-order valence-corrected chi connectivity index (χ4v) is 3.60. The highest BCUT2D eigenvalue weighted by Crippen LogP contribution is 2.29. The molecule has 0 amide bonds. The molecule has 2 aromatic carbocycles. The van der Waals surface area contributed by atoms with E-state index in [1.54, 1.807) is 18.2 Å². The normalized spacial score (nSPS) is 18.9. The molecule has 0 saturated carbocycles. The summed E-state index contributed by atoms with van der Waals surface area (Å²) < 4.78 is 28.7. The van der Waals surface area contributed by atoms with Gasteiger partial charge in [0.2, 0.25) is 0 Å². The van der Waals surface area contributed by atoms with Gasteiger partial charge in [-0.3, -0.25) is 0 Å². The second kappa shape index (κ2) is 8.03. The Morgan fingerprint density at radius 3 is 2.69 bits per heavy atom. The fraction of sp³-hybridized carbons (Fsp3) is 0.238. The van der Waals surface area contributed by atoms with Crippen LogP contribution in [0.15, 0.2) is 41.1 Å². The molecule has 29 heavy (non-hydrogen) atoms. The second-order valence-electron chi connectivity index (χ2n) is 6.89. The minimum Gasteiger partial charge on any atom is -0.376 e. The number of hydrogen-bond donors (Lipinski definition) is 3. The van der Waals surface area contributed by atoms with Crippen LogP contribution in [0.4, 0.5) is 20.3 Å². The molecule has 0 spiro atoms. The average molecular weight is 459 g/mol. The molecule has 1 unspecified atom stereocenters. The Bertz CT molecular complexity index is 1110. The molecule has 1 atom stereocenters. The first kappa shape index (κ1) is 19.7. The van der Waals surface area contributed by atoms with Gasteiger partial charge in [0.05, 0.1) is 5.52 Å². The smallest absolute Gasteiger partial charge is 0.150 e. The molecule has 0 aliphatic carbocycles. The summed E-state index contributed by atoms with van der Waals surface area (Å²) in [6.07, 6.45) is 2.79. The number of aromatic nitrogens is 2. The summed E-state index contributed by atoms with van der Waals surface area (Å²) in [5, 5.41) is 16.9. The first-order valence-electron chi connectivity index (χ1n) is 9.06. The zero-order chi connectivity index (χ0) is 20.4. The van der Waals surface area contributed by atoms with E-state index in [1.807, 2.05) is 0 Å². The van der Waals surface area contributed by atoms with E-state index in [9.17, 15) is 13.9 Å². The molecule has 1 saturated heterocycles. The molecular formula is C21H17BrF2N4O. The van der Waals surface area contributed by atoms with E-state index in [0.717, 1.165) is 13.0 Å². The van der Waals surface area contributed by atoms with Crippen LogP contribution in [0, 0.1) is 23.5 Å². The summed E-state index contributed by atoms with van der Waals surface area (Å²) in [7, 11) is 0. The van der Waals surface area contributed by atoms with E-state index in [-0.39, 0.29) is 11.5 Å². The van der Waals surface area contributed by atoms with E-state index in [4.69, 9.17) is 0 Å². The predicted octanol–water partition coefficient (Wildman–Crippen LogP) is 3.88. The molecule has 2 heterocycles. The van der Waals surface area contributed by atoms with E-state index in [2.05, 4.69) is 48.4 Å². The van der Waals surface area contributed by atoms with E-state index < -0.39 is 17.2 Å². The monoisotopic (exact) mass is 458 g/mol. The van der Waals surface area contributed by atoms with E-state index in [1.165, 1.54) is 18.5 Å². The lowest BCUT2D eigenvalue weighted by Crippen LogP contribution is -2.44. The number of nitrogens with zero attached hydrogens (tertiary/aromatic N) is 2. The number of benzene rings is 2. The first-order valence-corrected chi connectivity index (χ1v) is 9.85. The van der Waals surface area contributed by atoms with Gasteiger partial charge in [-0.15, -0.1) is 0 Å². The van der Waals surface area contributed by atoms with Crippen molar-refractivity contribution in [3.05, 3.63) is 58.3 Å². The molecule has 0 radical (unpaired) electrons. The van der Waals surface area contributed by atoms with Gasteiger partial charge in [0.1, 0.15) is 23.4 Å². The summed E-state index contributed by atoms with van der Waals surface area (Å²) in [5.41, 5.74) is -0.118. The summed E-state index contributed by atoms with van der Waals surface area (Å²) in [6, 6.07) is 7.62. The lowest BCUT2D eigenvalue weighted by molar-refractivity contribution is 0.0736. The molecule has 5 nitrogen and oxygen atoms in total. The van der Waals surface area contributed by atoms with Crippen LogP contribution in [-0.4, -0.2) is 33.8 Å². The van der Waals surface area contributed by atoms with Gasteiger partial charge in [0, 0.05) is 22.0 Å². The van der Waals surface area contributed by atoms with Crippen LogP contribution < -0.4 is 10.6 Å². The molecule has 4 rings (SSSR count). The number of rotatable bonds is 2. The molecule has 1 aliphatic heterocycles. The SMILES string of the molecule is OC1(C#Cc2ccc3ncnc(Nc4c(F)cc(Br)cc4F)c3c2)CCCNC1. The minimum absolute atomic E-state index is 0.261. The number of aliphatic hydroxyl groups is 1. The van der Waals surface area contributed by atoms with Crippen molar-refractivity contribution in [2.45, 2.75) is 18.4 Å². The Morgan fingerprint density at radius 2 is 1.97 bits per heavy atom. The Hall–Kier alpha value is -2.60. The van der Waals surface area contributed by atoms with Crippen molar-refractivity contribution < 1.29 is 13.9 Å². The fourth-order valence-electron chi connectivity index (χ4n) is 3.20. The minimum atomic E-state index is -1.06. The van der Waals surface area contributed by atoms with Gasteiger partial charge < -0.3 is 15.7 Å². The van der Waals surface area contributed by atoms with Crippen molar-refractivity contribution >= 4 is 38.3 Å². The maximum atomic E-state index is 14.2. The molecular weight excluding hydrogens is 442 g/mol. The van der Waals surface area contributed by atoms with Crippen LogP contribution in [0.2, 0.25) is 0 Å². The Balaban J connectivity index is 1.70. The van der Waals surface area contributed by atoms with E-state index >= 15 is 0 Å². The van der Waals surface area contributed by atoms with Gasteiger partial charge in [0.15, 0.2) is 11.6 Å². The third-order valence-corrected chi connectivity index (χ3v) is 5.14. The van der Waals surface area contributed by atoms with Gasteiger partial charge in [-0.25, -0.2) is 18.7 Å². The predicted molar refractivity (Wildman–Crippen MR) is 111 cm³/mol. The summed E-state index contributed by atoms with van der Waals surface area (Å²) >= 11 is 3.06. The Morgan fingerprint density at radius 1 is 1.17 bits per heavy atom. The third-order valence-electron chi connectivity index (χ3n) is 4.69. The van der Waals surface area contributed by atoms with Crippen molar-refractivity contribution in [3.63, 3.8) is 0 Å². The molecule has 1 aliphatic rings. The third kappa shape index (κ3) is 4.37. The highest BCUT2D eigenvalue weighted by Gasteiger charge is 2.26. The van der Waals surface area contributed by atoms with Crippen molar-refractivity contribution in [2.75, 3.05) is 18.4 Å². The lowest BCUT2D eigenvalue weighted by atomic mass is 9.94. The average Bonchev–Trinajstić information content (AvgIpc) is 2.70. The quantitative estimate of drug-likeness (QED) is 0.508. The molecule has 148 valence electrons. The number of nitrogens with one attached hydrogen (secondary N) is 2. The van der Waals surface area contributed by atoms with Crippen molar-refractivity contribution in [1.82, 2.24) is 15.3 Å². The van der Waals surface area contributed by atoms with Gasteiger partial charge in [-0.1, -0.05) is 27.8 Å². The number of piperidine rings is 1. The van der Waals surface area contributed by atoms with Crippen LogP contribution in [0.3, 0.4) is 0 Å². The van der Waals surface area contributed by atoms with Gasteiger partial charge in [0.25, 0.3) is 0 Å². The number of hydrogen-bond acceptors (Lipinski definition) is 5. The zero-order valence-corrected chi connectivity index (χ0v) is 16.9. The summed E-state index contributed by atoms with van der Waals surface area (Å²) in [5.74, 6) is 4.69. The molecule has 1 aromatic heterocycles. The number of β-amino-alcohol motifs (C(OH)–C–C–N with tert-alkyl or cyclic N) is 1. The van der Waals surface area contributed by atoms with Crippen LogP contribution >= 0.6 is 15.9 Å². The molecule has 1 fully saturated rings. The molecule has 3 aromatic rings. The molecule has 3 N–H and O–H groups in total. The van der Waals surface area contributed by atoms with Gasteiger partial charge in [-0.2, -0.15) is 0 Å². The topological polar surface area (TPSA) is 70.1 Å². The largest absolute Gasteiger partial charge is 0.376 e. The van der Waals surface area contributed by atoms with Crippen molar-refractivity contribution in [3.8, 4) is 11.8 Å². The number of halogens is 3. The zero-order valence-electron chi connectivity index (χ0n) is 15.3. The van der Waals surface area contributed by atoms with Crippen LogP contribution in [0.5, 0.6) is 0 Å². The Labute approximate surface area is 174 Å². The Kier molecular flexibility index (Phi) is 5.46. The lowest BCUT2D eigenvalue weighted by Gasteiger charge is -2.27. The van der Waals surface area contributed by atoms with Crippen molar-refractivity contribution in [1.29, 1.82) is 0 Å². The maximum Gasteiger partial charge on any atom is 0.150 e. The maximum absolute atomic E-state index is 14.2.